The Morgan fingerprint density at radius 3 is 2.86 bits per heavy atom. The number of fused-ring (bicyclic) bond motifs is 2. The molecule has 1 aliphatic heterocycles. The van der Waals surface area contributed by atoms with Gasteiger partial charge >= 0.3 is 0 Å². The summed E-state index contributed by atoms with van der Waals surface area (Å²) in [6.07, 6.45) is 2.25. The van der Waals surface area contributed by atoms with Crippen LogP contribution in [-0.2, 0) is 6.61 Å². The largest absolute Gasteiger partial charge is 0.496 e. The third-order valence-electron chi connectivity index (χ3n) is 6.12. The number of nitrogens with zero attached hydrogens (tertiary/aromatic N) is 5. The van der Waals surface area contributed by atoms with Crippen molar-refractivity contribution in [3.63, 3.8) is 0 Å². The van der Waals surface area contributed by atoms with Crippen molar-refractivity contribution in [2.75, 3.05) is 25.1 Å². The fourth-order valence-corrected chi connectivity index (χ4v) is 5.11. The molecule has 1 aromatic carbocycles. The van der Waals surface area contributed by atoms with Crippen LogP contribution in [0.25, 0.3) is 28.1 Å². The van der Waals surface area contributed by atoms with Gasteiger partial charge in [0.15, 0.2) is 16.5 Å². The van der Waals surface area contributed by atoms with E-state index in [9.17, 15) is 4.39 Å². The molecule has 0 saturated carbocycles. The second-order valence-electron chi connectivity index (χ2n) is 8.62. The SMILES string of the molecule is COc1cc(OCc2csc(N3CCC(F)CC3)n2)c2cc(-c3cn4nc(C)ccc4n3)oc2c1. The molecule has 0 spiro atoms. The zero-order valence-electron chi connectivity index (χ0n) is 19.4. The first-order chi connectivity index (χ1) is 17.1. The minimum Gasteiger partial charge on any atom is -0.496 e. The van der Waals surface area contributed by atoms with Gasteiger partial charge in [-0.3, -0.25) is 0 Å². The van der Waals surface area contributed by atoms with E-state index in [0.29, 0.717) is 61.1 Å². The molecule has 180 valence electrons. The van der Waals surface area contributed by atoms with Crippen molar-refractivity contribution >= 4 is 33.1 Å². The minimum atomic E-state index is -0.703. The Labute approximate surface area is 204 Å². The number of imidazole rings is 1. The van der Waals surface area contributed by atoms with Crippen LogP contribution in [0.1, 0.15) is 24.2 Å². The van der Waals surface area contributed by atoms with Crippen LogP contribution in [-0.4, -0.2) is 46.0 Å². The summed E-state index contributed by atoms with van der Waals surface area (Å²) in [5.41, 5.74) is 3.81. The van der Waals surface area contributed by atoms with Gasteiger partial charge in [-0.1, -0.05) is 0 Å². The summed E-state index contributed by atoms with van der Waals surface area (Å²) in [7, 11) is 1.61. The standard InChI is InChI=1S/C25H24FN5O3S/c1-15-3-4-24-28-20(12-31(24)29-15)23-11-19-21(9-18(32-2)10-22(19)34-23)33-13-17-14-35-25(27-17)30-7-5-16(26)6-8-30/h3-4,9-12,14,16H,5-8,13H2,1-2H3. The van der Waals surface area contributed by atoms with E-state index in [1.165, 1.54) is 0 Å². The first-order valence-corrected chi connectivity index (χ1v) is 12.3. The average molecular weight is 494 g/mol. The van der Waals surface area contributed by atoms with E-state index in [1.807, 2.05) is 48.8 Å². The van der Waals surface area contributed by atoms with Crippen molar-refractivity contribution in [2.45, 2.75) is 32.5 Å². The Kier molecular flexibility index (Phi) is 5.52. The number of rotatable bonds is 6. The molecule has 5 aromatic rings. The molecule has 35 heavy (non-hydrogen) atoms. The number of benzene rings is 1. The molecule has 0 N–H and O–H groups in total. The van der Waals surface area contributed by atoms with Crippen molar-refractivity contribution in [3.05, 3.63) is 53.3 Å². The minimum absolute atomic E-state index is 0.302. The lowest BCUT2D eigenvalue weighted by atomic mass is 10.1. The van der Waals surface area contributed by atoms with Crippen LogP contribution in [0.15, 0.2) is 46.3 Å². The first-order valence-electron chi connectivity index (χ1n) is 11.5. The number of alkyl halides is 1. The second-order valence-corrected chi connectivity index (χ2v) is 9.46. The maximum absolute atomic E-state index is 13.5. The van der Waals surface area contributed by atoms with Gasteiger partial charge in [0.05, 0.1) is 30.1 Å². The van der Waals surface area contributed by atoms with Crippen molar-refractivity contribution in [1.82, 2.24) is 19.6 Å². The molecule has 0 bridgehead atoms. The molecule has 0 unspecified atom stereocenters. The van der Waals surface area contributed by atoms with Crippen molar-refractivity contribution < 1.29 is 18.3 Å². The normalized spacial score (nSPS) is 14.8. The molecule has 5 heterocycles. The monoisotopic (exact) mass is 493 g/mol. The molecule has 1 aliphatic rings. The zero-order chi connectivity index (χ0) is 23.9. The van der Waals surface area contributed by atoms with E-state index in [-0.39, 0.29) is 0 Å². The van der Waals surface area contributed by atoms with Crippen LogP contribution < -0.4 is 14.4 Å². The highest BCUT2D eigenvalue weighted by molar-refractivity contribution is 7.13. The van der Waals surface area contributed by atoms with Gasteiger partial charge in [0.2, 0.25) is 0 Å². The molecule has 1 saturated heterocycles. The number of methoxy groups -OCH3 is 1. The van der Waals surface area contributed by atoms with Crippen molar-refractivity contribution in [2.24, 2.45) is 0 Å². The molecule has 0 aliphatic carbocycles. The highest BCUT2D eigenvalue weighted by Crippen LogP contribution is 2.37. The van der Waals surface area contributed by atoms with Crippen LogP contribution in [0, 0.1) is 6.92 Å². The Morgan fingerprint density at radius 2 is 2.03 bits per heavy atom. The topological polar surface area (TPSA) is 77.9 Å². The quantitative estimate of drug-likeness (QED) is 0.312. The summed E-state index contributed by atoms with van der Waals surface area (Å²) < 4.78 is 33.0. The molecule has 10 heteroatoms. The van der Waals surface area contributed by atoms with E-state index in [0.717, 1.165) is 27.6 Å². The number of hydrogen-bond acceptors (Lipinski definition) is 8. The predicted octanol–water partition coefficient (Wildman–Crippen LogP) is 5.43. The first kappa shape index (κ1) is 21.8. The van der Waals surface area contributed by atoms with Gasteiger partial charge in [-0.25, -0.2) is 18.9 Å². The lowest BCUT2D eigenvalue weighted by Crippen LogP contribution is -2.34. The summed E-state index contributed by atoms with van der Waals surface area (Å²) in [5.74, 6) is 1.89. The van der Waals surface area contributed by atoms with Crippen LogP contribution in [0.2, 0.25) is 0 Å². The molecule has 0 atom stereocenters. The van der Waals surface area contributed by atoms with E-state index in [1.54, 1.807) is 23.0 Å². The van der Waals surface area contributed by atoms with Gasteiger partial charge < -0.3 is 18.8 Å². The third kappa shape index (κ3) is 4.29. The van der Waals surface area contributed by atoms with Crippen LogP contribution in [0.3, 0.4) is 0 Å². The fourth-order valence-electron chi connectivity index (χ4n) is 4.24. The summed E-state index contributed by atoms with van der Waals surface area (Å²) in [6, 6.07) is 9.45. The summed E-state index contributed by atoms with van der Waals surface area (Å²) in [6.45, 7) is 3.63. The Morgan fingerprint density at radius 1 is 1.17 bits per heavy atom. The maximum atomic E-state index is 13.5. The molecule has 4 aromatic heterocycles. The number of piperidine rings is 1. The maximum Gasteiger partial charge on any atom is 0.185 e. The van der Waals surface area contributed by atoms with Gasteiger partial charge in [0, 0.05) is 30.6 Å². The third-order valence-corrected chi connectivity index (χ3v) is 7.07. The van der Waals surface area contributed by atoms with Gasteiger partial charge in [-0.15, -0.1) is 11.3 Å². The van der Waals surface area contributed by atoms with Gasteiger partial charge in [0.25, 0.3) is 0 Å². The Hall–Kier alpha value is -3.66. The van der Waals surface area contributed by atoms with E-state index < -0.39 is 6.17 Å². The molecular weight excluding hydrogens is 469 g/mol. The fraction of sp³-hybridized carbons (Fsp3) is 0.320. The summed E-state index contributed by atoms with van der Waals surface area (Å²) >= 11 is 1.56. The average Bonchev–Trinajstić information content (AvgIpc) is 3.60. The highest BCUT2D eigenvalue weighted by atomic mass is 32.1. The predicted molar refractivity (Wildman–Crippen MR) is 132 cm³/mol. The molecule has 0 amide bonds. The smallest absolute Gasteiger partial charge is 0.185 e. The van der Waals surface area contributed by atoms with Crippen molar-refractivity contribution in [1.29, 1.82) is 0 Å². The number of aromatic nitrogens is 4. The number of hydrogen-bond donors (Lipinski definition) is 0. The zero-order valence-corrected chi connectivity index (χ0v) is 20.2. The number of furan rings is 1. The van der Waals surface area contributed by atoms with Crippen LogP contribution in [0.4, 0.5) is 9.52 Å². The van der Waals surface area contributed by atoms with E-state index in [4.69, 9.17) is 18.9 Å². The number of anilines is 1. The molecule has 8 nitrogen and oxygen atoms in total. The number of ether oxygens (including phenoxy) is 2. The second kappa shape index (κ2) is 8.84. The van der Waals surface area contributed by atoms with Gasteiger partial charge in [0.1, 0.15) is 35.6 Å². The highest BCUT2D eigenvalue weighted by Gasteiger charge is 2.21. The van der Waals surface area contributed by atoms with Gasteiger partial charge in [-0.2, -0.15) is 5.10 Å². The van der Waals surface area contributed by atoms with Gasteiger partial charge in [-0.05, 0) is 38.0 Å². The lowest BCUT2D eigenvalue weighted by molar-refractivity contribution is 0.277. The summed E-state index contributed by atoms with van der Waals surface area (Å²) in [4.78, 5) is 11.5. The number of aryl methyl sites for hydroxylation is 1. The van der Waals surface area contributed by atoms with E-state index in [2.05, 4.69) is 15.0 Å². The Balaban J connectivity index is 1.26. The molecule has 1 fully saturated rings. The summed E-state index contributed by atoms with van der Waals surface area (Å²) in [5, 5.41) is 8.18. The van der Waals surface area contributed by atoms with Crippen LogP contribution >= 0.6 is 11.3 Å². The lowest BCUT2D eigenvalue weighted by Gasteiger charge is -2.28. The van der Waals surface area contributed by atoms with Crippen LogP contribution in [0.5, 0.6) is 11.5 Å². The molecule has 6 rings (SSSR count). The van der Waals surface area contributed by atoms with Crippen molar-refractivity contribution in [3.8, 4) is 23.0 Å². The number of halogens is 1. The van der Waals surface area contributed by atoms with E-state index >= 15 is 0 Å². The number of thiazole rings is 1. The molecule has 0 radical (unpaired) electrons. The Bertz CT molecular complexity index is 1500. The molecular formula is C25H24FN5O3S.